The molecule has 0 spiro atoms. The van der Waals surface area contributed by atoms with Crippen LogP contribution in [0.15, 0.2) is 13.2 Å². The molecule has 226 valence electrons. The highest BCUT2D eigenvalue weighted by molar-refractivity contribution is 5.70. The molecule has 0 atom stereocenters. The summed E-state index contributed by atoms with van der Waals surface area (Å²) < 4.78 is 0. The van der Waals surface area contributed by atoms with Gasteiger partial charge in [-0.1, -0.05) is 19.2 Å². The fourth-order valence-electron chi connectivity index (χ4n) is 6.95. The maximum absolute atomic E-state index is 11.6. The zero-order chi connectivity index (χ0) is 31.2. The predicted octanol–water partition coefficient (Wildman–Crippen LogP) is 6.62. The van der Waals surface area contributed by atoms with Gasteiger partial charge in [0.2, 0.25) is 0 Å². The molecule has 0 fully saturated rings. The van der Waals surface area contributed by atoms with Crippen LogP contribution in [0.3, 0.4) is 0 Å². The first-order valence-corrected chi connectivity index (χ1v) is 14.9. The standard InChI is InChI=1S/C35H42N4O4/c1-8-22-18(4)25-13-26-19(5)23(9-11-33(40)41)30(37-26)16-31-24(10-12-34(42)43)20(6)27(38-31)15-32-35(17(2)3)21(7)28(39-32)14-29(22)36-25/h8,36-39H,1-2,9-16H2,3-7H3,(H,40,41)(H,42,43). The number of hydrogen-bond acceptors (Lipinski definition) is 2. The van der Waals surface area contributed by atoms with E-state index in [4.69, 9.17) is 0 Å². The van der Waals surface area contributed by atoms with Crippen LogP contribution in [0.1, 0.15) is 110 Å². The topological polar surface area (TPSA) is 138 Å². The van der Waals surface area contributed by atoms with Crippen molar-refractivity contribution in [3.8, 4) is 0 Å². The zero-order valence-corrected chi connectivity index (χ0v) is 25.9. The number of carbonyl (C=O) groups is 2. The summed E-state index contributed by atoms with van der Waals surface area (Å²) in [6.07, 6.45) is 5.32. The SMILES string of the molecule is C=Cc1c2[nH]c(c1C)Cc1[nH]c(c(CCC(=O)O)c1C)Cc1[nH]c(c(C)c1CCC(=O)O)Cc1[nH]c(c(C)c1C(=C)C)C2. The summed E-state index contributed by atoms with van der Waals surface area (Å²) in [6, 6.07) is 0. The summed E-state index contributed by atoms with van der Waals surface area (Å²) >= 11 is 0. The van der Waals surface area contributed by atoms with Gasteiger partial charge >= 0.3 is 11.9 Å². The Labute approximate surface area is 252 Å². The van der Waals surface area contributed by atoms with Crippen molar-refractivity contribution in [2.24, 2.45) is 0 Å². The Bertz CT molecular complexity index is 1770. The van der Waals surface area contributed by atoms with Gasteiger partial charge in [-0.05, 0) is 92.0 Å². The van der Waals surface area contributed by atoms with Crippen LogP contribution in [0.2, 0.25) is 0 Å². The average molecular weight is 583 g/mol. The molecule has 0 saturated carbocycles. The van der Waals surface area contributed by atoms with Crippen LogP contribution >= 0.6 is 0 Å². The third kappa shape index (κ3) is 5.66. The Morgan fingerprint density at radius 2 is 1.05 bits per heavy atom. The van der Waals surface area contributed by atoms with Gasteiger partial charge in [0.1, 0.15) is 0 Å². The molecule has 5 rings (SSSR count). The smallest absolute Gasteiger partial charge is 0.303 e. The minimum atomic E-state index is -0.833. The quantitative estimate of drug-likeness (QED) is 0.122. The second-order valence-electron chi connectivity index (χ2n) is 12.1. The van der Waals surface area contributed by atoms with E-state index >= 15 is 0 Å². The van der Waals surface area contributed by atoms with Gasteiger partial charge in [0, 0.05) is 89.6 Å². The molecule has 0 amide bonds. The number of aromatic amines is 4. The molecular formula is C35H42N4O4. The van der Waals surface area contributed by atoms with E-state index in [2.05, 4.69) is 60.8 Å². The fourth-order valence-corrected chi connectivity index (χ4v) is 6.95. The van der Waals surface area contributed by atoms with Crippen LogP contribution in [0.5, 0.6) is 0 Å². The van der Waals surface area contributed by atoms with E-state index in [1.807, 2.05) is 13.0 Å². The number of carboxylic acids is 2. The number of aliphatic carboxylic acids is 2. The molecule has 43 heavy (non-hydrogen) atoms. The monoisotopic (exact) mass is 582 g/mol. The lowest BCUT2D eigenvalue weighted by Crippen LogP contribution is -2.04. The number of rotatable bonds is 8. The summed E-state index contributed by atoms with van der Waals surface area (Å²) in [7, 11) is 0. The molecule has 0 saturated heterocycles. The zero-order valence-electron chi connectivity index (χ0n) is 25.9. The minimum absolute atomic E-state index is 0.0363. The van der Waals surface area contributed by atoms with Crippen molar-refractivity contribution in [3.63, 3.8) is 0 Å². The van der Waals surface area contributed by atoms with E-state index in [1.54, 1.807) is 0 Å². The molecule has 8 heteroatoms. The highest BCUT2D eigenvalue weighted by atomic mass is 16.4. The Kier molecular flexibility index (Phi) is 8.14. The number of aromatic nitrogens is 4. The maximum Gasteiger partial charge on any atom is 0.303 e. The summed E-state index contributed by atoms with van der Waals surface area (Å²) in [6.45, 7) is 18.8. The van der Waals surface area contributed by atoms with Crippen LogP contribution < -0.4 is 0 Å². The molecule has 0 aromatic carbocycles. The molecule has 0 unspecified atom stereocenters. The van der Waals surface area contributed by atoms with Crippen LogP contribution in [-0.4, -0.2) is 42.1 Å². The number of H-pyrrole nitrogens is 4. The molecule has 4 aromatic rings. The maximum atomic E-state index is 11.6. The molecule has 0 radical (unpaired) electrons. The van der Waals surface area contributed by atoms with Crippen molar-refractivity contribution >= 4 is 23.6 Å². The van der Waals surface area contributed by atoms with Crippen molar-refractivity contribution < 1.29 is 19.8 Å². The lowest BCUT2D eigenvalue weighted by Gasteiger charge is -2.07. The lowest BCUT2D eigenvalue weighted by atomic mass is 9.96. The average Bonchev–Trinajstić information content (AvgIpc) is 3.59. The molecule has 1 aliphatic rings. The Hall–Kier alpha value is -4.46. The van der Waals surface area contributed by atoms with Crippen LogP contribution in [0.25, 0.3) is 11.6 Å². The Morgan fingerprint density at radius 3 is 1.53 bits per heavy atom. The second-order valence-corrected chi connectivity index (χ2v) is 12.1. The van der Waals surface area contributed by atoms with Crippen molar-refractivity contribution in [2.75, 3.05) is 0 Å². The molecule has 8 bridgehead atoms. The van der Waals surface area contributed by atoms with Gasteiger partial charge in [-0.2, -0.15) is 0 Å². The molecule has 8 nitrogen and oxygen atoms in total. The molecule has 4 aromatic heterocycles. The van der Waals surface area contributed by atoms with E-state index in [1.165, 1.54) is 5.56 Å². The summed E-state index contributed by atoms with van der Waals surface area (Å²) in [5, 5.41) is 19.0. The summed E-state index contributed by atoms with van der Waals surface area (Å²) in [5.74, 6) is -1.67. The lowest BCUT2D eigenvalue weighted by molar-refractivity contribution is -0.138. The van der Waals surface area contributed by atoms with Gasteiger partial charge in [-0.3, -0.25) is 9.59 Å². The van der Waals surface area contributed by atoms with Gasteiger partial charge in [-0.25, -0.2) is 0 Å². The van der Waals surface area contributed by atoms with Crippen molar-refractivity contribution in [1.82, 2.24) is 19.9 Å². The largest absolute Gasteiger partial charge is 0.481 e. The fraction of sp³-hybridized carbons (Fsp3) is 0.371. The van der Waals surface area contributed by atoms with E-state index in [-0.39, 0.29) is 12.8 Å². The first-order chi connectivity index (χ1) is 20.4. The molecule has 5 heterocycles. The first kappa shape index (κ1) is 30.0. The molecular weight excluding hydrogens is 540 g/mol. The van der Waals surface area contributed by atoms with E-state index in [0.29, 0.717) is 38.5 Å². The third-order valence-electron chi connectivity index (χ3n) is 9.28. The Morgan fingerprint density at radius 1 is 0.651 bits per heavy atom. The van der Waals surface area contributed by atoms with Crippen molar-refractivity contribution in [2.45, 2.75) is 86.0 Å². The number of fused-ring (bicyclic) bond motifs is 8. The Balaban J connectivity index is 1.74. The summed E-state index contributed by atoms with van der Waals surface area (Å²) in [4.78, 5) is 38.0. The highest BCUT2D eigenvalue weighted by Gasteiger charge is 2.25. The number of carboxylic acid groups (broad SMARTS) is 2. The first-order valence-electron chi connectivity index (χ1n) is 14.9. The molecule has 0 aliphatic carbocycles. The predicted molar refractivity (Wildman–Crippen MR) is 170 cm³/mol. The van der Waals surface area contributed by atoms with Gasteiger partial charge in [-0.15, -0.1) is 0 Å². The second kappa shape index (κ2) is 11.7. The van der Waals surface area contributed by atoms with Crippen LogP contribution in [0, 0.1) is 27.7 Å². The van der Waals surface area contributed by atoms with E-state index in [0.717, 1.165) is 90.1 Å². The molecule has 6 N–H and O–H groups in total. The van der Waals surface area contributed by atoms with Gasteiger partial charge in [0.25, 0.3) is 0 Å². The molecule has 1 aliphatic heterocycles. The number of nitrogens with one attached hydrogen (secondary N) is 4. The van der Waals surface area contributed by atoms with Gasteiger partial charge in [0.15, 0.2) is 0 Å². The number of hydrogen-bond donors (Lipinski definition) is 6. The third-order valence-corrected chi connectivity index (χ3v) is 9.28. The van der Waals surface area contributed by atoms with Gasteiger partial charge < -0.3 is 30.1 Å². The van der Waals surface area contributed by atoms with E-state index in [9.17, 15) is 19.8 Å². The number of allylic oxidation sites excluding steroid dienone is 1. The minimum Gasteiger partial charge on any atom is -0.481 e. The van der Waals surface area contributed by atoms with Crippen LogP contribution in [-0.2, 0) is 48.1 Å². The van der Waals surface area contributed by atoms with Gasteiger partial charge in [0.05, 0.1) is 0 Å². The van der Waals surface area contributed by atoms with Crippen molar-refractivity contribution in [1.29, 1.82) is 0 Å². The summed E-state index contributed by atoms with van der Waals surface area (Å²) in [5.41, 5.74) is 18.2. The highest BCUT2D eigenvalue weighted by Crippen LogP contribution is 2.34. The normalized spacial score (nSPS) is 12.9. The van der Waals surface area contributed by atoms with E-state index < -0.39 is 11.9 Å². The van der Waals surface area contributed by atoms with Crippen LogP contribution in [0.4, 0.5) is 0 Å². The van der Waals surface area contributed by atoms with Crippen molar-refractivity contribution in [3.05, 3.63) is 103 Å².